The lowest BCUT2D eigenvalue weighted by molar-refractivity contribution is -0.143. The Kier molecular flexibility index (Phi) is 9.08. The maximum Gasteiger partial charge on any atom is 0.326 e. The topological polar surface area (TPSA) is 109 Å². The minimum absolute atomic E-state index is 0.0602. The first-order valence-corrected chi connectivity index (χ1v) is 11.9. The molecule has 2 aromatic heterocycles. The largest absolute Gasteiger partial charge is 0.497 e. The first-order chi connectivity index (χ1) is 17.7. The number of nitrogens with zero attached hydrogens (tertiary/aromatic N) is 2. The van der Waals surface area contributed by atoms with E-state index >= 15 is 0 Å². The minimum Gasteiger partial charge on any atom is -0.497 e. The highest BCUT2D eigenvalue weighted by Crippen LogP contribution is 2.23. The molecule has 37 heavy (non-hydrogen) atoms. The van der Waals surface area contributed by atoms with Crippen molar-refractivity contribution in [1.82, 2.24) is 9.13 Å². The van der Waals surface area contributed by atoms with E-state index in [0.29, 0.717) is 30.2 Å². The molecule has 2 aromatic carbocycles. The number of aliphatic hydroxyl groups is 1. The van der Waals surface area contributed by atoms with Crippen LogP contribution in [0.1, 0.15) is 18.1 Å². The highest BCUT2D eigenvalue weighted by molar-refractivity contribution is 5.85. The third kappa shape index (κ3) is 6.18. The van der Waals surface area contributed by atoms with Gasteiger partial charge in [0.05, 0.1) is 38.5 Å². The Balaban J connectivity index is 0.000000208. The first-order valence-electron chi connectivity index (χ1n) is 11.9. The molecule has 0 radical (unpaired) electrons. The van der Waals surface area contributed by atoms with Gasteiger partial charge in [-0.25, -0.2) is 0 Å². The molecule has 0 bridgehead atoms. The Morgan fingerprint density at radius 2 is 1.30 bits per heavy atom. The number of pyridine rings is 2. The van der Waals surface area contributed by atoms with Crippen molar-refractivity contribution >= 4 is 27.8 Å². The molecule has 0 unspecified atom stereocenters. The van der Waals surface area contributed by atoms with Gasteiger partial charge in [0.15, 0.2) is 0 Å². The molecule has 4 aromatic rings. The average Bonchev–Trinajstić information content (AvgIpc) is 2.88. The van der Waals surface area contributed by atoms with Gasteiger partial charge in [-0.1, -0.05) is 0 Å². The van der Waals surface area contributed by atoms with Crippen molar-refractivity contribution in [2.45, 2.75) is 33.9 Å². The van der Waals surface area contributed by atoms with E-state index in [9.17, 15) is 14.4 Å². The van der Waals surface area contributed by atoms with Crippen LogP contribution in [0.5, 0.6) is 11.5 Å². The molecular formula is C28H32N2O7. The first kappa shape index (κ1) is 27.5. The fraction of sp³-hybridized carbons (Fsp3) is 0.321. The Morgan fingerprint density at radius 1 is 0.811 bits per heavy atom. The lowest BCUT2D eigenvalue weighted by atomic mass is 10.1. The maximum atomic E-state index is 12.1. The van der Waals surface area contributed by atoms with Gasteiger partial charge in [0.1, 0.15) is 18.0 Å². The number of aryl methyl sites for hydroxylation is 2. The van der Waals surface area contributed by atoms with Crippen LogP contribution in [-0.2, 0) is 22.6 Å². The lowest BCUT2D eigenvalue weighted by Crippen LogP contribution is -2.25. The van der Waals surface area contributed by atoms with Gasteiger partial charge in [0.25, 0.3) is 11.1 Å². The summed E-state index contributed by atoms with van der Waals surface area (Å²) < 4.78 is 18.2. The molecular weight excluding hydrogens is 476 g/mol. The molecule has 4 rings (SSSR count). The molecule has 0 atom stereocenters. The summed E-state index contributed by atoms with van der Waals surface area (Å²) in [6.07, 6.45) is 0. The van der Waals surface area contributed by atoms with E-state index < -0.39 is 5.97 Å². The summed E-state index contributed by atoms with van der Waals surface area (Å²) in [6, 6.07) is 14.2. The fourth-order valence-electron chi connectivity index (χ4n) is 4.14. The third-order valence-corrected chi connectivity index (χ3v) is 5.97. The lowest BCUT2D eigenvalue weighted by Gasteiger charge is -2.12. The van der Waals surface area contributed by atoms with E-state index in [1.807, 2.05) is 44.2 Å². The van der Waals surface area contributed by atoms with Crippen LogP contribution in [0, 0.1) is 13.8 Å². The van der Waals surface area contributed by atoms with Crippen LogP contribution in [0.25, 0.3) is 21.8 Å². The molecule has 0 saturated heterocycles. The molecule has 0 aliphatic rings. The number of benzene rings is 2. The smallest absolute Gasteiger partial charge is 0.326 e. The summed E-state index contributed by atoms with van der Waals surface area (Å²) >= 11 is 0. The zero-order valence-corrected chi connectivity index (χ0v) is 21.7. The monoisotopic (exact) mass is 508 g/mol. The predicted octanol–water partition coefficient (Wildman–Crippen LogP) is 3.19. The van der Waals surface area contributed by atoms with Gasteiger partial charge in [0.2, 0.25) is 0 Å². The van der Waals surface area contributed by atoms with Crippen LogP contribution in [0.3, 0.4) is 0 Å². The molecule has 9 nitrogen and oxygen atoms in total. The molecule has 0 spiro atoms. The van der Waals surface area contributed by atoms with E-state index in [1.54, 1.807) is 37.8 Å². The predicted molar refractivity (Wildman–Crippen MR) is 143 cm³/mol. The molecule has 2 heterocycles. The molecule has 1 N–H and O–H groups in total. The number of aliphatic hydroxyl groups excluding tert-OH is 1. The average molecular weight is 509 g/mol. The summed E-state index contributed by atoms with van der Waals surface area (Å²) in [6.45, 7) is 5.93. The van der Waals surface area contributed by atoms with E-state index in [1.165, 1.54) is 10.6 Å². The second-order valence-corrected chi connectivity index (χ2v) is 8.36. The van der Waals surface area contributed by atoms with Gasteiger partial charge in [-0.15, -0.1) is 0 Å². The summed E-state index contributed by atoms with van der Waals surface area (Å²) in [5.74, 6) is 0.914. The highest BCUT2D eigenvalue weighted by Gasteiger charge is 2.12. The van der Waals surface area contributed by atoms with Gasteiger partial charge in [0, 0.05) is 41.6 Å². The number of esters is 1. The summed E-state index contributed by atoms with van der Waals surface area (Å²) in [7, 11) is 3.15. The molecule has 0 amide bonds. The molecule has 0 saturated carbocycles. The number of methoxy groups -OCH3 is 2. The van der Waals surface area contributed by atoms with Crippen molar-refractivity contribution in [3.63, 3.8) is 0 Å². The van der Waals surface area contributed by atoms with Crippen LogP contribution in [0.2, 0.25) is 0 Å². The van der Waals surface area contributed by atoms with Crippen LogP contribution in [0.4, 0.5) is 0 Å². The van der Waals surface area contributed by atoms with Gasteiger partial charge < -0.3 is 23.9 Å². The number of fused-ring (bicyclic) bond motifs is 2. The number of carbonyl (C=O) groups is 1. The Morgan fingerprint density at radius 3 is 1.76 bits per heavy atom. The van der Waals surface area contributed by atoms with Crippen LogP contribution in [-0.4, -0.2) is 47.6 Å². The van der Waals surface area contributed by atoms with Crippen molar-refractivity contribution in [2.24, 2.45) is 0 Å². The molecule has 0 aliphatic heterocycles. The van der Waals surface area contributed by atoms with Crippen molar-refractivity contribution in [3.05, 3.63) is 80.4 Å². The second kappa shape index (κ2) is 12.2. The number of hydrogen-bond donors (Lipinski definition) is 1. The summed E-state index contributed by atoms with van der Waals surface area (Å²) in [5.41, 5.74) is 2.94. The zero-order valence-electron chi connectivity index (χ0n) is 21.7. The van der Waals surface area contributed by atoms with Crippen LogP contribution < -0.4 is 20.6 Å². The Bertz CT molecular complexity index is 1540. The van der Waals surface area contributed by atoms with Crippen LogP contribution in [0.15, 0.2) is 58.1 Å². The van der Waals surface area contributed by atoms with Crippen molar-refractivity contribution in [2.75, 3.05) is 27.4 Å². The molecule has 0 fully saturated rings. The quantitative estimate of drug-likeness (QED) is 0.382. The van der Waals surface area contributed by atoms with E-state index in [-0.39, 0.29) is 24.3 Å². The van der Waals surface area contributed by atoms with E-state index in [4.69, 9.17) is 19.3 Å². The van der Waals surface area contributed by atoms with E-state index in [0.717, 1.165) is 27.4 Å². The maximum absolute atomic E-state index is 12.1. The molecule has 9 heteroatoms. The Labute approximate surface area is 214 Å². The number of ether oxygens (including phenoxy) is 3. The van der Waals surface area contributed by atoms with Crippen molar-refractivity contribution in [3.8, 4) is 11.5 Å². The second-order valence-electron chi connectivity index (χ2n) is 8.36. The van der Waals surface area contributed by atoms with Gasteiger partial charge in [-0.05, 0) is 56.2 Å². The van der Waals surface area contributed by atoms with Crippen molar-refractivity contribution in [1.29, 1.82) is 0 Å². The number of hydrogen-bond acceptors (Lipinski definition) is 7. The third-order valence-electron chi connectivity index (χ3n) is 5.97. The van der Waals surface area contributed by atoms with E-state index in [2.05, 4.69) is 0 Å². The van der Waals surface area contributed by atoms with Gasteiger partial charge in [-0.3, -0.25) is 19.0 Å². The minimum atomic E-state index is -0.428. The SMILES string of the molecule is CCOC(=O)Cn1c(=O)cc(C)c2ccc(OC)cc21.COc1ccc2c(C)cc(=O)n(CCO)c2c1. The number of aromatic nitrogens is 2. The molecule has 0 aliphatic carbocycles. The Hall–Kier alpha value is -4.11. The standard InChI is InChI=1S/C15H17NO4.C13H15NO3/c1-4-20-15(18)9-16-13-8-11(19-3)5-6-12(13)10(2)7-14(16)17;1-9-7-13(16)14(5-6-15)12-8-10(17-2)3-4-11(9)12/h5-8H,4,9H2,1-3H3;3-4,7-8,15H,5-6H2,1-2H3. The number of rotatable bonds is 7. The van der Waals surface area contributed by atoms with Gasteiger partial charge in [-0.2, -0.15) is 0 Å². The van der Waals surface area contributed by atoms with Crippen molar-refractivity contribution < 1.29 is 24.1 Å². The summed E-state index contributed by atoms with van der Waals surface area (Å²) in [5, 5.41) is 10.9. The van der Waals surface area contributed by atoms with Gasteiger partial charge >= 0.3 is 5.97 Å². The number of carbonyl (C=O) groups excluding carboxylic acids is 1. The van der Waals surface area contributed by atoms with Crippen LogP contribution >= 0.6 is 0 Å². The zero-order chi connectivity index (χ0) is 27.1. The summed E-state index contributed by atoms with van der Waals surface area (Å²) in [4.78, 5) is 35.6. The fourth-order valence-corrected chi connectivity index (χ4v) is 4.14. The molecule has 196 valence electrons. The normalized spacial score (nSPS) is 10.6. The highest BCUT2D eigenvalue weighted by atomic mass is 16.5.